The molecule has 1 heterocycles. The second-order valence-corrected chi connectivity index (χ2v) is 3.83. The number of Topliss-reactive ketones (excluding diaryl/α,β-unsaturated/α-hetero) is 1. The smallest absolute Gasteiger partial charge is 0.183 e. The molecule has 0 radical (unpaired) electrons. The summed E-state index contributed by atoms with van der Waals surface area (Å²) in [5.74, 6) is -0.464. The average molecular weight is 236 g/mol. The summed E-state index contributed by atoms with van der Waals surface area (Å²) in [7, 11) is 1.81. The summed E-state index contributed by atoms with van der Waals surface area (Å²) in [6.07, 6.45) is 0. The zero-order valence-electron chi connectivity index (χ0n) is 10.6. The molecule has 1 rings (SSSR count). The molecule has 0 aromatic carbocycles. The summed E-state index contributed by atoms with van der Waals surface area (Å²) in [5.41, 5.74) is 2.16. The first-order valence-electron chi connectivity index (χ1n) is 5.17. The van der Waals surface area contributed by atoms with Crippen molar-refractivity contribution in [3.05, 3.63) is 22.8 Å². The third-order valence-corrected chi connectivity index (χ3v) is 2.40. The lowest BCUT2D eigenvalue weighted by Crippen LogP contribution is -1.96. The molecule has 6 nitrogen and oxygen atoms in total. The van der Waals surface area contributed by atoms with Gasteiger partial charge >= 0.3 is 0 Å². The van der Waals surface area contributed by atoms with Crippen LogP contribution < -0.4 is 0 Å². The Morgan fingerprint density at radius 2 is 1.94 bits per heavy atom. The molecule has 0 spiro atoms. The number of allylic oxidation sites excluding steroid dienone is 2. The Labute approximate surface area is 99.7 Å². The second-order valence-electron chi connectivity index (χ2n) is 3.83. The summed E-state index contributed by atoms with van der Waals surface area (Å²) < 4.78 is 1.69. The molecule has 0 saturated heterocycles. The van der Waals surface area contributed by atoms with Crippen molar-refractivity contribution in [1.82, 2.24) is 9.78 Å². The number of carbonyl (C=O) groups excluding carboxylic acids is 1. The molecule has 1 aromatic rings. The summed E-state index contributed by atoms with van der Waals surface area (Å²) >= 11 is 0. The number of aromatic nitrogens is 2. The van der Waals surface area contributed by atoms with Crippen LogP contribution in [0.2, 0.25) is 0 Å². The van der Waals surface area contributed by atoms with E-state index in [4.69, 9.17) is 0 Å². The summed E-state index contributed by atoms with van der Waals surface area (Å²) in [6.45, 7) is 6.40. The number of aryl methyl sites for hydroxylation is 2. The number of aliphatic hydroxyl groups is 1. The lowest BCUT2D eigenvalue weighted by Gasteiger charge is -1.97. The Morgan fingerprint density at radius 1 is 1.35 bits per heavy atom. The maximum atomic E-state index is 11.2. The van der Waals surface area contributed by atoms with Crippen molar-refractivity contribution in [2.75, 3.05) is 0 Å². The Hall–Kier alpha value is -1.98. The van der Waals surface area contributed by atoms with Gasteiger partial charge in [-0.3, -0.25) is 9.48 Å². The minimum atomic E-state index is -0.326. The molecular weight excluding hydrogens is 220 g/mol. The van der Waals surface area contributed by atoms with E-state index in [2.05, 4.69) is 15.3 Å². The minimum absolute atomic E-state index is 0.0346. The molecular formula is C11H16N4O2. The number of carbonyl (C=O) groups is 1. The van der Waals surface area contributed by atoms with Gasteiger partial charge in [0.25, 0.3) is 0 Å². The van der Waals surface area contributed by atoms with Gasteiger partial charge in [-0.15, -0.1) is 10.2 Å². The Balaban J connectivity index is 3.14. The van der Waals surface area contributed by atoms with E-state index in [1.807, 2.05) is 13.8 Å². The van der Waals surface area contributed by atoms with Crippen LogP contribution in [0.25, 0.3) is 0 Å². The maximum Gasteiger partial charge on any atom is 0.183 e. The number of aliphatic hydroxyl groups excluding tert-OH is 1. The van der Waals surface area contributed by atoms with Gasteiger partial charge in [0.1, 0.15) is 11.4 Å². The lowest BCUT2D eigenvalue weighted by molar-refractivity contribution is -0.113. The highest BCUT2D eigenvalue weighted by atomic mass is 16.3. The molecule has 0 aliphatic rings. The topological polar surface area (TPSA) is 79.8 Å². The van der Waals surface area contributed by atoms with Crippen LogP contribution >= 0.6 is 0 Å². The van der Waals surface area contributed by atoms with Gasteiger partial charge in [0.15, 0.2) is 11.5 Å². The van der Waals surface area contributed by atoms with Gasteiger partial charge in [0.05, 0.1) is 11.4 Å². The molecule has 6 heteroatoms. The van der Waals surface area contributed by atoms with E-state index >= 15 is 0 Å². The molecule has 92 valence electrons. The Bertz CT molecular complexity index is 508. The van der Waals surface area contributed by atoms with Gasteiger partial charge in [0.2, 0.25) is 0 Å². The van der Waals surface area contributed by atoms with Gasteiger partial charge in [-0.1, -0.05) is 0 Å². The van der Waals surface area contributed by atoms with E-state index in [0.717, 1.165) is 11.4 Å². The molecule has 1 N–H and O–H groups in total. The molecule has 0 atom stereocenters. The van der Waals surface area contributed by atoms with Gasteiger partial charge in [-0.05, 0) is 20.8 Å². The summed E-state index contributed by atoms with van der Waals surface area (Å²) in [4.78, 5) is 11.2. The third-order valence-electron chi connectivity index (χ3n) is 2.40. The van der Waals surface area contributed by atoms with Crippen molar-refractivity contribution >= 4 is 11.5 Å². The fourth-order valence-corrected chi connectivity index (χ4v) is 1.40. The first-order valence-corrected chi connectivity index (χ1v) is 5.17. The number of rotatable bonds is 3. The van der Waals surface area contributed by atoms with E-state index < -0.39 is 0 Å². The van der Waals surface area contributed by atoms with Crippen molar-refractivity contribution in [2.45, 2.75) is 27.7 Å². The van der Waals surface area contributed by atoms with E-state index in [-0.39, 0.29) is 17.2 Å². The lowest BCUT2D eigenvalue weighted by atomic mass is 10.3. The van der Waals surface area contributed by atoms with Gasteiger partial charge in [-0.2, -0.15) is 5.10 Å². The van der Waals surface area contributed by atoms with E-state index in [9.17, 15) is 9.90 Å². The minimum Gasteiger partial charge on any atom is -0.510 e. The molecule has 0 unspecified atom stereocenters. The predicted octanol–water partition coefficient (Wildman–Crippen LogP) is 2.50. The monoisotopic (exact) mass is 236 g/mol. The van der Waals surface area contributed by atoms with Crippen LogP contribution in [-0.4, -0.2) is 20.7 Å². The Morgan fingerprint density at radius 3 is 2.29 bits per heavy atom. The highest BCUT2D eigenvalue weighted by Crippen LogP contribution is 2.23. The molecule has 0 saturated carbocycles. The first-order chi connectivity index (χ1) is 7.84. The molecule has 0 fully saturated rings. The van der Waals surface area contributed by atoms with Crippen LogP contribution in [0.15, 0.2) is 21.7 Å². The number of azo groups is 1. The van der Waals surface area contributed by atoms with Crippen molar-refractivity contribution in [1.29, 1.82) is 0 Å². The van der Waals surface area contributed by atoms with Gasteiger partial charge < -0.3 is 5.11 Å². The fraction of sp³-hybridized carbons (Fsp3) is 0.455. The number of hydrogen-bond acceptors (Lipinski definition) is 5. The second kappa shape index (κ2) is 4.90. The molecule has 0 aliphatic heterocycles. The molecule has 0 amide bonds. The quantitative estimate of drug-likeness (QED) is 0.497. The van der Waals surface area contributed by atoms with Crippen LogP contribution in [0.1, 0.15) is 25.2 Å². The van der Waals surface area contributed by atoms with Crippen molar-refractivity contribution in [3.8, 4) is 0 Å². The number of hydrogen-bond donors (Lipinski definition) is 1. The zero-order valence-corrected chi connectivity index (χ0v) is 10.6. The molecule has 0 aliphatic carbocycles. The van der Waals surface area contributed by atoms with E-state index in [1.165, 1.54) is 13.8 Å². The largest absolute Gasteiger partial charge is 0.510 e. The zero-order chi connectivity index (χ0) is 13.2. The van der Waals surface area contributed by atoms with E-state index in [1.54, 1.807) is 11.7 Å². The van der Waals surface area contributed by atoms with Crippen molar-refractivity contribution < 1.29 is 9.90 Å². The van der Waals surface area contributed by atoms with Crippen LogP contribution in [0.3, 0.4) is 0 Å². The van der Waals surface area contributed by atoms with Crippen molar-refractivity contribution in [2.24, 2.45) is 17.3 Å². The van der Waals surface area contributed by atoms with Crippen LogP contribution in [0, 0.1) is 13.8 Å². The standard InChI is InChI=1S/C11H16N4O2/c1-6-10(7(2)15(5)14-6)12-13-11(8(3)16)9(4)17/h16H,1-5H3. The SMILES string of the molecule is CC(=O)C(N=Nc1c(C)nn(C)c1C)=C(C)O. The highest BCUT2D eigenvalue weighted by molar-refractivity contribution is 5.93. The normalized spacial score (nSPS) is 13.0. The third kappa shape index (κ3) is 2.77. The van der Waals surface area contributed by atoms with Crippen LogP contribution in [0.5, 0.6) is 0 Å². The van der Waals surface area contributed by atoms with Gasteiger partial charge in [0, 0.05) is 14.0 Å². The number of ketones is 1. The molecule has 0 bridgehead atoms. The summed E-state index contributed by atoms with van der Waals surface area (Å²) in [6, 6.07) is 0. The highest BCUT2D eigenvalue weighted by Gasteiger charge is 2.10. The molecule has 17 heavy (non-hydrogen) atoms. The van der Waals surface area contributed by atoms with Crippen LogP contribution in [0.4, 0.5) is 5.69 Å². The van der Waals surface area contributed by atoms with Crippen LogP contribution in [-0.2, 0) is 11.8 Å². The van der Waals surface area contributed by atoms with Gasteiger partial charge in [-0.25, -0.2) is 0 Å². The maximum absolute atomic E-state index is 11.2. The Kier molecular flexibility index (Phi) is 3.77. The molecule has 1 aromatic heterocycles. The average Bonchev–Trinajstić information content (AvgIpc) is 2.43. The van der Waals surface area contributed by atoms with E-state index in [0.29, 0.717) is 5.69 Å². The van der Waals surface area contributed by atoms with Crippen molar-refractivity contribution in [3.63, 3.8) is 0 Å². The fourth-order valence-electron chi connectivity index (χ4n) is 1.40. The summed E-state index contributed by atoms with van der Waals surface area (Å²) in [5, 5.41) is 21.2. The first kappa shape index (κ1) is 13.1. The predicted molar refractivity (Wildman–Crippen MR) is 63.2 cm³/mol. The number of nitrogens with zero attached hydrogens (tertiary/aromatic N) is 4.